The first-order chi connectivity index (χ1) is 10.1. The fourth-order valence-corrected chi connectivity index (χ4v) is 2.51. The smallest absolute Gasteiger partial charge is 0.200 e. The molecule has 2 aromatic carbocycles. The Labute approximate surface area is 129 Å². The first-order valence-electron chi connectivity index (χ1n) is 6.50. The van der Waals surface area contributed by atoms with Crippen LogP contribution in [0.5, 0.6) is 11.5 Å². The molecular weight excluding hydrogens is 339 g/mol. The van der Waals surface area contributed by atoms with Gasteiger partial charge in [-0.05, 0) is 42.0 Å². The molecule has 0 spiro atoms. The van der Waals surface area contributed by atoms with Crippen molar-refractivity contribution >= 4 is 21.7 Å². The Bertz CT molecular complexity index is 700. The van der Waals surface area contributed by atoms with Crippen LogP contribution in [-0.2, 0) is 6.42 Å². The maximum atomic E-state index is 13.6. The Morgan fingerprint density at radius 3 is 2.95 bits per heavy atom. The van der Waals surface area contributed by atoms with Gasteiger partial charge >= 0.3 is 0 Å². The Balaban J connectivity index is 1.69. The maximum Gasteiger partial charge on any atom is 0.200 e. The fraction of sp³-hybridized carbons (Fsp3) is 0.188. The molecule has 108 valence electrons. The van der Waals surface area contributed by atoms with Crippen molar-refractivity contribution < 1.29 is 18.7 Å². The molecule has 1 heterocycles. The number of carbonyl (C=O) groups is 1. The normalized spacial score (nSPS) is 12.7. The number of Topliss-reactive ketones (excluding diaryl/α,β-unsaturated/α-hetero) is 1. The quantitative estimate of drug-likeness (QED) is 0.787. The van der Waals surface area contributed by atoms with Crippen molar-refractivity contribution in [3.05, 3.63) is 57.8 Å². The molecule has 0 atom stereocenters. The van der Waals surface area contributed by atoms with Gasteiger partial charge in [-0.15, -0.1) is 0 Å². The van der Waals surface area contributed by atoms with Gasteiger partial charge in [0.25, 0.3) is 0 Å². The maximum absolute atomic E-state index is 13.6. The molecule has 0 fully saturated rings. The van der Waals surface area contributed by atoms with Crippen molar-refractivity contribution in [2.45, 2.75) is 6.42 Å². The largest absolute Gasteiger partial charge is 0.493 e. The van der Waals surface area contributed by atoms with E-state index in [1.165, 1.54) is 12.1 Å². The zero-order chi connectivity index (χ0) is 14.8. The van der Waals surface area contributed by atoms with Gasteiger partial charge in [0.05, 0.1) is 6.61 Å². The number of hydrogen-bond acceptors (Lipinski definition) is 3. The average molecular weight is 351 g/mol. The highest BCUT2D eigenvalue weighted by Crippen LogP contribution is 2.26. The molecule has 0 amide bonds. The lowest BCUT2D eigenvalue weighted by Gasteiger charge is -2.07. The van der Waals surface area contributed by atoms with Crippen LogP contribution in [0.3, 0.4) is 0 Å². The monoisotopic (exact) mass is 350 g/mol. The van der Waals surface area contributed by atoms with Crippen molar-refractivity contribution in [2.75, 3.05) is 13.2 Å². The number of ether oxygens (including phenoxy) is 2. The second-order valence-electron chi connectivity index (χ2n) is 4.71. The predicted octanol–water partition coefficient (Wildman–Crippen LogP) is 3.78. The summed E-state index contributed by atoms with van der Waals surface area (Å²) >= 11 is 3.17. The molecule has 0 bridgehead atoms. The van der Waals surface area contributed by atoms with Crippen molar-refractivity contribution in [1.82, 2.24) is 0 Å². The van der Waals surface area contributed by atoms with Gasteiger partial charge in [0.1, 0.15) is 5.75 Å². The predicted molar refractivity (Wildman–Crippen MR) is 79.6 cm³/mol. The molecule has 3 rings (SSSR count). The zero-order valence-electron chi connectivity index (χ0n) is 11.1. The summed E-state index contributed by atoms with van der Waals surface area (Å²) in [4.78, 5) is 12.1. The van der Waals surface area contributed by atoms with E-state index in [1.807, 2.05) is 6.07 Å². The molecular formula is C16H12BrFO3. The summed E-state index contributed by atoms with van der Waals surface area (Å²) in [6, 6.07) is 9.75. The summed E-state index contributed by atoms with van der Waals surface area (Å²) in [6.07, 6.45) is 0.804. The van der Waals surface area contributed by atoms with Crippen LogP contribution in [0.15, 0.2) is 40.9 Å². The van der Waals surface area contributed by atoms with Crippen LogP contribution in [-0.4, -0.2) is 19.0 Å². The Morgan fingerprint density at radius 2 is 2.14 bits per heavy atom. The van der Waals surface area contributed by atoms with Crippen molar-refractivity contribution in [1.29, 1.82) is 0 Å². The lowest BCUT2D eigenvalue weighted by Crippen LogP contribution is -2.12. The van der Waals surface area contributed by atoms with Gasteiger partial charge < -0.3 is 9.47 Å². The van der Waals surface area contributed by atoms with Gasteiger partial charge in [-0.3, -0.25) is 4.79 Å². The molecule has 0 unspecified atom stereocenters. The topological polar surface area (TPSA) is 35.5 Å². The molecule has 1 aliphatic rings. The number of fused-ring (bicyclic) bond motifs is 1. The minimum absolute atomic E-state index is 0.0658. The van der Waals surface area contributed by atoms with Crippen LogP contribution < -0.4 is 9.47 Å². The van der Waals surface area contributed by atoms with Crippen LogP contribution in [0.2, 0.25) is 0 Å². The molecule has 3 nitrogen and oxygen atoms in total. The third-order valence-corrected chi connectivity index (χ3v) is 3.76. The van der Waals surface area contributed by atoms with Crippen molar-refractivity contribution in [3.8, 4) is 11.5 Å². The minimum Gasteiger partial charge on any atom is -0.493 e. The van der Waals surface area contributed by atoms with Crippen LogP contribution in [0, 0.1) is 5.82 Å². The van der Waals surface area contributed by atoms with E-state index in [0.717, 1.165) is 17.7 Å². The van der Waals surface area contributed by atoms with E-state index < -0.39 is 5.82 Å². The van der Waals surface area contributed by atoms with E-state index in [4.69, 9.17) is 9.47 Å². The van der Waals surface area contributed by atoms with Crippen molar-refractivity contribution in [2.24, 2.45) is 0 Å². The van der Waals surface area contributed by atoms with E-state index in [-0.39, 0.29) is 18.1 Å². The Hall–Kier alpha value is -1.88. The first-order valence-corrected chi connectivity index (χ1v) is 7.29. The van der Waals surface area contributed by atoms with Gasteiger partial charge in [0.15, 0.2) is 24.0 Å². The van der Waals surface area contributed by atoms with E-state index >= 15 is 0 Å². The highest BCUT2D eigenvalue weighted by atomic mass is 79.9. The molecule has 0 aliphatic carbocycles. The number of rotatable bonds is 4. The third kappa shape index (κ3) is 3.08. The molecule has 0 saturated carbocycles. The second-order valence-corrected chi connectivity index (χ2v) is 5.62. The highest BCUT2D eigenvalue weighted by Gasteiger charge is 2.16. The molecule has 0 saturated heterocycles. The molecule has 1 aliphatic heterocycles. The van der Waals surface area contributed by atoms with Gasteiger partial charge in [-0.2, -0.15) is 0 Å². The van der Waals surface area contributed by atoms with Crippen LogP contribution in [0.1, 0.15) is 15.9 Å². The number of ketones is 1. The summed E-state index contributed by atoms with van der Waals surface area (Å²) in [7, 11) is 0. The summed E-state index contributed by atoms with van der Waals surface area (Å²) in [6.45, 7) is 0.450. The van der Waals surface area contributed by atoms with E-state index in [9.17, 15) is 9.18 Å². The van der Waals surface area contributed by atoms with Crippen LogP contribution in [0.25, 0.3) is 0 Å². The SMILES string of the molecule is O=C(COc1ccc(Br)cc1F)c1ccc2c(c1)CCO2. The zero-order valence-corrected chi connectivity index (χ0v) is 12.7. The van der Waals surface area contributed by atoms with Gasteiger partial charge in [0, 0.05) is 16.5 Å². The molecule has 0 aromatic heterocycles. The molecule has 0 N–H and O–H groups in total. The van der Waals surface area contributed by atoms with Crippen molar-refractivity contribution in [3.63, 3.8) is 0 Å². The standard InChI is InChI=1S/C16H12BrFO3/c17-12-2-4-16(13(18)8-12)21-9-14(19)10-1-3-15-11(7-10)5-6-20-15/h1-4,7-8H,5-6,9H2. The summed E-state index contributed by atoms with van der Waals surface area (Å²) in [5, 5.41) is 0. The number of benzene rings is 2. The van der Waals surface area contributed by atoms with Crippen LogP contribution in [0.4, 0.5) is 4.39 Å². The number of hydrogen-bond donors (Lipinski definition) is 0. The lowest BCUT2D eigenvalue weighted by atomic mass is 10.1. The second kappa shape index (κ2) is 5.85. The molecule has 5 heteroatoms. The van der Waals surface area contributed by atoms with E-state index in [0.29, 0.717) is 16.6 Å². The van der Waals surface area contributed by atoms with Gasteiger partial charge in [-0.1, -0.05) is 15.9 Å². The third-order valence-electron chi connectivity index (χ3n) is 3.26. The minimum atomic E-state index is -0.500. The Morgan fingerprint density at radius 1 is 1.29 bits per heavy atom. The average Bonchev–Trinajstić information content (AvgIpc) is 2.93. The first kappa shape index (κ1) is 14.1. The van der Waals surface area contributed by atoms with Crippen LogP contribution >= 0.6 is 15.9 Å². The lowest BCUT2D eigenvalue weighted by molar-refractivity contribution is 0.0918. The van der Waals surface area contributed by atoms with Gasteiger partial charge in [-0.25, -0.2) is 4.39 Å². The highest BCUT2D eigenvalue weighted by molar-refractivity contribution is 9.10. The fourth-order valence-electron chi connectivity index (χ4n) is 2.18. The van der Waals surface area contributed by atoms with E-state index in [2.05, 4.69) is 15.9 Å². The molecule has 2 aromatic rings. The molecule has 21 heavy (non-hydrogen) atoms. The van der Waals surface area contributed by atoms with Gasteiger partial charge in [0.2, 0.25) is 0 Å². The van der Waals surface area contributed by atoms with E-state index in [1.54, 1.807) is 18.2 Å². The summed E-state index contributed by atoms with van der Waals surface area (Å²) < 4.78 is 24.9. The molecule has 0 radical (unpaired) electrons. The number of carbonyl (C=O) groups excluding carboxylic acids is 1. The number of halogens is 2. The Kier molecular flexibility index (Phi) is 3.92. The summed E-state index contributed by atoms with van der Waals surface area (Å²) in [5.74, 6) is 0.203. The summed E-state index contributed by atoms with van der Waals surface area (Å²) in [5.41, 5.74) is 1.58.